The average Bonchev–Trinajstić information content (AvgIpc) is 2.38. The van der Waals surface area contributed by atoms with E-state index in [2.05, 4.69) is 10.3 Å². The molecule has 2 rings (SSSR count). The smallest absolute Gasteiger partial charge is 0.295 e. The summed E-state index contributed by atoms with van der Waals surface area (Å²) in [5.74, 6) is -0.634. The van der Waals surface area contributed by atoms with Crippen molar-refractivity contribution in [3.63, 3.8) is 0 Å². The van der Waals surface area contributed by atoms with Crippen LogP contribution in [0.4, 0.5) is 15.8 Å². The van der Waals surface area contributed by atoms with Crippen LogP contribution in [0.2, 0.25) is 0 Å². The molecule has 18 heavy (non-hydrogen) atoms. The second-order valence-corrected chi connectivity index (χ2v) is 3.59. The number of rotatable bonds is 4. The van der Waals surface area contributed by atoms with Crippen molar-refractivity contribution < 1.29 is 9.31 Å². The van der Waals surface area contributed by atoms with Gasteiger partial charge >= 0.3 is 0 Å². The van der Waals surface area contributed by atoms with Gasteiger partial charge in [-0.2, -0.15) is 0 Å². The molecule has 2 aromatic rings. The predicted molar refractivity (Wildman–Crippen MR) is 64.6 cm³/mol. The van der Waals surface area contributed by atoms with E-state index in [9.17, 15) is 14.5 Å². The summed E-state index contributed by atoms with van der Waals surface area (Å²) in [6.45, 7) is 0.341. The van der Waals surface area contributed by atoms with Crippen molar-refractivity contribution in [2.45, 2.75) is 6.54 Å². The van der Waals surface area contributed by atoms with Gasteiger partial charge in [-0.1, -0.05) is 6.07 Å². The predicted octanol–water partition coefficient (Wildman–Crippen LogP) is 2.74. The van der Waals surface area contributed by atoms with Crippen LogP contribution >= 0.6 is 0 Å². The van der Waals surface area contributed by atoms with Gasteiger partial charge in [-0.25, -0.2) is 4.39 Å². The monoisotopic (exact) mass is 247 g/mol. The van der Waals surface area contributed by atoms with E-state index in [4.69, 9.17) is 0 Å². The van der Waals surface area contributed by atoms with Gasteiger partial charge < -0.3 is 5.32 Å². The van der Waals surface area contributed by atoms with Crippen molar-refractivity contribution in [3.05, 3.63) is 64.2 Å². The highest BCUT2D eigenvalue weighted by Gasteiger charge is 2.14. The lowest BCUT2D eigenvalue weighted by Crippen LogP contribution is -2.04. The molecular weight excluding hydrogens is 237 g/mol. The van der Waals surface area contributed by atoms with E-state index >= 15 is 0 Å². The van der Waals surface area contributed by atoms with Crippen molar-refractivity contribution in [2.24, 2.45) is 0 Å². The van der Waals surface area contributed by atoms with Crippen molar-refractivity contribution in [1.82, 2.24) is 4.98 Å². The molecule has 0 spiro atoms. The zero-order chi connectivity index (χ0) is 13.0. The van der Waals surface area contributed by atoms with Crippen LogP contribution in [0.5, 0.6) is 0 Å². The van der Waals surface area contributed by atoms with Crippen LogP contribution < -0.4 is 5.32 Å². The number of hydrogen-bond acceptors (Lipinski definition) is 4. The number of pyridine rings is 1. The van der Waals surface area contributed by atoms with Crippen molar-refractivity contribution >= 4 is 11.4 Å². The molecule has 5 nitrogen and oxygen atoms in total. The van der Waals surface area contributed by atoms with Crippen LogP contribution in [0, 0.1) is 15.9 Å². The maximum absolute atomic E-state index is 12.9. The highest BCUT2D eigenvalue weighted by molar-refractivity contribution is 5.61. The molecule has 92 valence electrons. The fourth-order valence-corrected chi connectivity index (χ4v) is 1.49. The molecule has 0 aliphatic heterocycles. The van der Waals surface area contributed by atoms with Gasteiger partial charge in [0.1, 0.15) is 11.5 Å². The second kappa shape index (κ2) is 5.22. The summed E-state index contributed by atoms with van der Waals surface area (Å²) >= 11 is 0. The van der Waals surface area contributed by atoms with E-state index in [1.54, 1.807) is 18.3 Å². The summed E-state index contributed by atoms with van der Waals surface area (Å²) < 4.78 is 12.9. The molecule has 1 N–H and O–H groups in total. The molecule has 0 bridgehead atoms. The van der Waals surface area contributed by atoms with E-state index in [0.29, 0.717) is 6.54 Å². The van der Waals surface area contributed by atoms with Crippen LogP contribution in [-0.2, 0) is 6.54 Å². The Balaban J connectivity index is 2.17. The van der Waals surface area contributed by atoms with Crippen molar-refractivity contribution in [1.29, 1.82) is 0 Å². The zero-order valence-corrected chi connectivity index (χ0v) is 9.34. The number of halogens is 1. The summed E-state index contributed by atoms with van der Waals surface area (Å²) in [5.41, 5.74) is 0.731. The number of nitro groups is 1. The summed E-state index contributed by atoms with van der Waals surface area (Å²) in [6, 6.07) is 8.81. The Kier molecular flexibility index (Phi) is 3.47. The van der Waals surface area contributed by atoms with Crippen LogP contribution in [0.1, 0.15) is 5.69 Å². The summed E-state index contributed by atoms with van der Waals surface area (Å²) in [7, 11) is 0. The Labute approximate surface area is 102 Å². The van der Waals surface area contributed by atoms with Crippen molar-refractivity contribution in [2.75, 3.05) is 5.32 Å². The van der Waals surface area contributed by atoms with Gasteiger partial charge in [0.05, 0.1) is 23.2 Å². The van der Waals surface area contributed by atoms with Crippen LogP contribution in [-0.4, -0.2) is 9.91 Å². The molecule has 0 saturated heterocycles. The summed E-state index contributed by atoms with van der Waals surface area (Å²) in [5, 5.41) is 13.6. The van der Waals surface area contributed by atoms with Gasteiger partial charge in [-0.05, 0) is 24.3 Å². The number of nitrogens with zero attached hydrogens (tertiary/aromatic N) is 2. The number of aromatic nitrogens is 1. The van der Waals surface area contributed by atoms with Gasteiger partial charge in [0.25, 0.3) is 5.69 Å². The normalized spacial score (nSPS) is 10.1. The number of nitro benzene ring substituents is 1. The third-order valence-corrected chi connectivity index (χ3v) is 2.34. The summed E-state index contributed by atoms with van der Waals surface area (Å²) in [6.07, 6.45) is 1.64. The van der Waals surface area contributed by atoms with Gasteiger partial charge in [0, 0.05) is 6.20 Å². The first-order chi connectivity index (χ1) is 8.66. The van der Waals surface area contributed by atoms with Crippen molar-refractivity contribution in [3.8, 4) is 0 Å². The number of nitrogens with one attached hydrogen (secondary N) is 1. The van der Waals surface area contributed by atoms with Crippen LogP contribution in [0.25, 0.3) is 0 Å². The topological polar surface area (TPSA) is 68.1 Å². The number of anilines is 1. The molecule has 0 aliphatic carbocycles. The minimum absolute atomic E-state index is 0.270. The van der Waals surface area contributed by atoms with Gasteiger partial charge in [-0.3, -0.25) is 15.1 Å². The Bertz CT molecular complexity index is 561. The maximum Gasteiger partial charge on any atom is 0.295 e. The lowest BCUT2D eigenvalue weighted by Gasteiger charge is -2.06. The second-order valence-electron chi connectivity index (χ2n) is 3.59. The van der Waals surface area contributed by atoms with Crippen LogP contribution in [0.15, 0.2) is 42.6 Å². The Morgan fingerprint density at radius 1 is 1.33 bits per heavy atom. The SMILES string of the molecule is O=[N+]([O-])c1cc(F)ccc1NCc1ccccn1. The molecule has 1 aromatic carbocycles. The highest BCUT2D eigenvalue weighted by Crippen LogP contribution is 2.25. The Morgan fingerprint density at radius 3 is 2.83 bits per heavy atom. The Hall–Kier alpha value is -2.50. The standard InChI is InChI=1S/C12H10FN3O2/c13-9-4-5-11(12(7-9)16(17)18)15-8-10-3-1-2-6-14-10/h1-7,15H,8H2. The molecule has 0 atom stereocenters. The minimum Gasteiger partial charge on any atom is -0.374 e. The van der Waals surface area contributed by atoms with Crippen LogP contribution in [0.3, 0.4) is 0 Å². The molecule has 0 saturated carbocycles. The van der Waals surface area contributed by atoms with E-state index in [0.717, 1.165) is 11.8 Å². The molecular formula is C12H10FN3O2. The quantitative estimate of drug-likeness (QED) is 0.666. The van der Waals surface area contributed by atoms with E-state index in [1.165, 1.54) is 12.1 Å². The minimum atomic E-state index is -0.634. The molecule has 0 fully saturated rings. The van der Waals surface area contributed by atoms with E-state index in [1.807, 2.05) is 6.07 Å². The van der Waals surface area contributed by atoms with Gasteiger partial charge in [0.2, 0.25) is 0 Å². The third kappa shape index (κ3) is 2.79. The maximum atomic E-state index is 12.9. The Morgan fingerprint density at radius 2 is 2.17 bits per heavy atom. The molecule has 0 radical (unpaired) electrons. The van der Waals surface area contributed by atoms with Gasteiger partial charge in [-0.15, -0.1) is 0 Å². The zero-order valence-electron chi connectivity index (χ0n) is 9.34. The van der Waals surface area contributed by atoms with Gasteiger partial charge in [0.15, 0.2) is 0 Å². The molecule has 0 aliphatic rings. The third-order valence-electron chi connectivity index (χ3n) is 2.34. The molecule has 0 unspecified atom stereocenters. The largest absolute Gasteiger partial charge is 0.374 e. The fraction of sp³-hybridized carbons (Fsp3) is 0.0833. The average molecular weight is 247 g/mol. The molecule has 1 aromatic heterocycles. The van der Waals surface area contributed by atoms with E-state index in [-0.39, 0.29) is 11.4 Å². The lowest BCUT2D eigenvalue weighted by atomic mass is 10.2. The number of benzene rings is 1. The molecule has 6 heteroatoms. The first-order valence-corrected chi connectivity index (χ1v) is 5.24. The summed E-state index contributed by atoms with van der Waals surface area (Å²) in [4.78, 5) is 14.2. The molecule has 1 heterocycles. The first kappa shape index (κ1) is 12.0. The lowest BCUT2D eigenvalue weighted by molar-refractivity contribution is -0.384. The highest BCUT2D eigenvalue weighted by atomic mass is 19.1. The fourth-order valence-electron chi connectivity index (χ4n) is 1.49. The van der Waals surface area contributed by atoms with E-state index < -0.39 is 10.7 Å². The number of hydrogen-bond donors (Lipinski definition) is 1. The molecule has 0 amide bonds. The first-order valence-electron chi connectivity index (χ1n) is 5.24.